The number of benzene rings is 1. The molecule has 1 amide bonds. The van der Waals surface area contributed by atoms with Crippen LogP contribution in [0.3, 0.4) is 0 Å². The third kappa shape index (κ3) is 4.61. The highest BCUT2D eigenvalue weighted by Crippen LogP contribution is 2.24. The molecule has 0 bridgehead atoms. The Morgan fingerprint density at radius 1 is 1.52 bits per heavy atom. The molecule has 5 heteroatoms. The van der Waals surface area contributed by atoms with Gasteiger partial charge in [-0.1, -0.05) is 24.6 Å². The minimum Gasteiger partial charge on any atom is -0.506 e. The molecule has 1 atom stereocenters. The first kappa shape index (κ1) is 16.1. The summed E-state index contributed by atoms with van der Waals surface area (Å²) in [6.07, 6.45) is 2.35. The zero-order valence-electron chi connectivity index (χ0n) is 12.3. The van der Waals surface area contributed by atoms with Crippen molar-refractivity contribution in [2.45, 2.75) is 26.2 Å². The van der Waals surface area contributed by atoms with E-state index in [1.54, 1.807) is 12.1 Å². The van der Waals surface area contributed by atoms with Gasteiger partial charge in [-0.25, -0.2) is 0 Å². The lowest BCUT2D eigenvalue weighted by Crippen LogP contribution is -2.30. The van der Waals surface area contributed by atoms with E-state index in [0.29, 0.717) is 12.3 Å². The number of carbonyl (C=O) groups is 1. The Hall–Kier alpha value is -1.26. The van der Waals surface area contributed by atoms with Gasteiger partial charge < -0.3 is 14.7 Å². The van der Waals surface area contributed by atoms with Crippen molar-refractivity contribution >= 4 is 17.5 Å². The summed E-state index contributed by atoms with van der Waals surface area (Å²) in [6.45, 7) is 5.19. The van der Waals surface area contributed by atoms with Gasteiger partial charge in [0.15, 0.2) is 0 Å². The van der Waals surface area contributed by atoms with Crippen LogP contribution in [-0.2, 0) is 16.0 Å². The Labute approximate surface area is 130 Å². The van der Waals surface area contributed by atoms with E-state index in [4.69, 9.17) is 16.3 Å². The predicted molar refractivity (Wildman–Crippen MR) is 82.6 cm³/mol. The van der Waals surface area contributed by atoms with E-state index in [0.717, 1.165) is 44.7 Å². The van der Waals surface area contributed by atoms with Crippen LogP contribution >= 0.6 is 11.6 Å². The molecule has 1 aliphatic rings. The van der Waals surface area contributed by atoms with Crippen LogP contribution in [0.4, 0.5) is 0 Å². The molecule has 116 valence electrons. The van der Waals surface area contributed by atoms with E-state index in [9.17, 15) is 9.90 Å². The van der Waals surface area contributed by atoms with Crippen LogP contribution in [0.15, 0.2) is 18.2 Å². The number of halogens is 1. The van der Waals surface area contributed by atoms with Gasteiger partial charge >= 0.3 is 0 Å². The summed E-state index contributed by atoms with van der Waals surface area (Å²) < 4.78 is 5.56. The molecule has 1 N–H and O–H groups in total. The van der Waals surface area contributed by atoms with E-state index in [-0.39, 0.29) is 16.7 Å². The fraction of sp³-hybridized carbons (Fsp3) is 0.562. The molecule has 0 aromatic heterocycles. The Kier molecular flexibility index (Phi) is 5.88. The lowest BCUT2D eigenvalue weighted by molar-refractivity contribution is -0.129. The first-order valence-corrected chi connectivity index (χ1v) is 7.81. The molecule has 21 heavy (non-hydrogen) atoms. The van der Waals surface area contributed by atoms with E-state index >= 15 is 0 Å². The molecule has 1 fully saturated rings. The fourth-order valence-corrected chi connectivity index (χ4v) is 2.74. The summed E-state index contributed by atoms with van der Waals surface area (Å²) in [4.78, 5) is 14.2. The number of phenolic OH excluding ortho intramolecular Hbond substituents is 1. The number of hydrogen-bond acceptors (Lipinski definition) is 3. The number of ether oxygens (including phenoxy) is 1. The van der Waals surface area contributed by atoms with Crippen LogP contribution in [-0.4, -0.2) is 42.2 Å². The van der Waals surface area contributed by atoms with Crippen molar-refractivity contribution in [2.75, 3.05) is 26.3 Å². The van der Waals surface area contributed by atoms with Gasteiger partial charge in [-0.15, -0.1) is 0 Å². The standard InChI is InChI=1S/C16H22ClNO3/c1-2-7-21-11-13-5-6-18(10-13)16(20)9-12-3-4-15(19)14(17)8-12/h3-4,8,13,19H,2,5-7,9-11H2,1H3. The molecule has 1 aromatic carbocycles. The van der Waals surface area contributed by atoms with Gasteiger partial charge in [0, 0.05) is 25.6 Å². The molecule has 1 heterocycles. The number of carbonyl (C=O) groups excluding carboxylic acids is 1. The average Bonchev–Trinajstić information content (AvgIpc) is 2.92. The highest BCUT2D eigenvalue weighted by atomic mass is 35.5. The maximum atomic E-state index is 12.3. The first-order valence-electron chi connectivity index (χ1n) is 7.43. The molecular formula is C16H22ClNO3. The number of rotatable bonds is 6. The third-order valence-electron chi connectivity index (χ3n) is 3.71. The second-order valence-corrected chi connectivity index (χ2v) is 5.94. The molecule has 1 unspecified atom stereocenters. The molecule has 2 rings (SSSR count). The smallest absolute Gasteiger partial charge is 0.227 e. The Balaban J connectivity index is 1.82. The molecular weight excluding hydrogens is 290 g/mol. The number of hydrogen-bond donors (Lipinski definition) is 1. The maximum Gasteiger partial charge on any atom is 0.227 e. The second kappa shape index (κ2) is 7.66. The van der Waals surface area contributed by atoms with Crippen LogP contribution in [0.25, 0.3) is 0 Å². The minimum atomic E-state index is 0.0437. The van der Waals surface area contributed by atoms with Crippen LogP contribution in [0.5, 0.6) is 5.75 Å². The van der Waals surface area contributed by atoms with Gasteiger partial charge in [-0.3, -0.25) is 4.79 Å². The quantitative estimate of drug-likeness (QED) is 0.822. The van der Waals surface area contributed by atoms with Crippen LogP contribution < -0.4 is 0 Å². The number of nitrogens with zero attached hydrogens (tertiary/aromatic N) is 1. The number of aromatic hydroxyl groups is 1. The Morgan fingerprint density at radius 2 is 2.33 bits per heavy atom. The summed E-state index contributed by atoms with van der Waals surface area (Å²) in [7, 11) is 0. The number of likely N-dealkylation sites (tertiary alicyclic amines) is 1. The minimum absolute atomic E-state index is 0.0437. The van der Waals surface area contributed by atoms with Crippen LogP contribution in [0, 0.1) is 5.92 Å². The normalized spacial score (nSPS) is 18.2. The van der Waals surface area contributed by atoms with Crippen molar-refractivity contribution < 1.29 is 14.6 Å². The zero-order valence-corrected chi connectivity index (χ0v) is 13.1. The summed E-state index contributed by atoms with van der Waals surface area (Å²) in [5.41, 5.74) is 0.827. The molecule has 0 spiro atoms. The second-order valence-electron chi connectivity index (χ2n) is 5.53. The third-order valence-corrected chi connectivity index (χ3v) is 4.01. The van der Waals surface area contributed by atoms with Crippen LogP contribution in [0.2, 0.25) is 5.02 Å². The van der Waals surface area contributed by atoms with E-state index < -0.39 is 0 Å². The van der Waals surface area contributed by atoms with Crippen LogP contribution in [0.1, 0.15) is 25.3 Å². The lowest BCUT2D eigenvalue weighted by atomic mass is 10.1. The van der Waals surface area contributed by atoms with Gasteiger partial charge in [0.25, 0.3) is 0 Å². The fourth-order valence-electron chi connectivity index (χ4n) is 2.54. The average molecular weight is 312 g/mol. The maximum absolute atomic E-state index is 12.3. The summed E-state index contributed by atoms with van der Waals surface area (Å²) in [5, 5.41) is 9.67. The van der Waals surface area contributed by atoms with Crippen molar-refractivity contribution in [1.82, 2.24) is 4.90 Å². The van der Waals surface area contributed by atoms with E-state index in [1.807, 2.05) is 4.90 Å². The topological polar surface area (TPSA) is 49.8 Å². The van der Waals surface area contributed by atoms with E-state index in [1.165, 1.54) is 6.07 Å². The van der Waals surface area contributed by atoms with Crippen molar-refractivity contribution in [3.63, 3.8) is 0 Å². The summed E-state index contributed by atoms with van der Waals surface area (Å²) >= 11 is 5.86. The number of phenols is 1. The largest absolute Gasteiger partial charge is 0.506 e. The molecule has 1 saturated heterocycles. The highest BCUT2D eigenvalue weighted by Gasteiger charge is 2.26. The van der Waals surface area contributed by atoms with Gasteiger partial charge in [0.2, 0.25) is 5.91 Å². The molecule has 0 saturated carbocycles. The SMILES string of the molecule is CCCOCC1CCN(C(=O)Cc2ccc(O)c(Cl)c2)C1. The van der Waals surface area contributed by atoms with E-state index in [2.05, 4.69) is 6.92 Å². The highest BCUT2D eigenvalue weighted by molar-refractivity contribution is 6.32. The zero-order chi connectivity index (χ0) is 15.2. The monoisotopic (exact) mass is 311 g/mol. The Bertz CT molecular complexity index is 492. The molecule has 4 nitrogen and oxygen atoms in total. The summed E-state index contributed by atoms with van der Waals surface area (Å²) in [6, 6.07) is 4.90. The van der Waals surface area contributed by atoms with Gasteiger partial charge in [0.05, 0.1) is 18.1 Å². The molecule has 0 aliphatic carbocycles. The molecule has 1 aliphatic heterocycles. The van der Waals surface area contributed by atoms with Gasteiger partial charge in [-0.05, 0) is 30.5 Å². The molecule has 1 aromatic rings. The molecule has 0 radical (unpaired) electrons. The van der Waals surface area contributed by atoms with Gasteiger partial charge in [0.1, 0.15) is 5.75 Å². The predicted octanol–water partition coefficient (Wildman–Crippen LogP) is 2.86. The van der Waals surface area contributed by atoms with Crippen molar-refractivity contribution in [2.24, 2.45) is 5.92 Å². The van der Waals surface area contributed by atoms with Crippen molar-refractivity contribution in [3.8, 4) is 5.75 Å². The van der Waals surface area contributed by atoms with Crippen molar-refractivity contribution in [3.05, 3.63) is 28.8 Å². The van der Waals surface area contributed by atoms with Gasteiger partial charge in [-0.2, -0.15) is 0 Å². The number of amides is 1. The lowest BCUT2D eigenvalue weighted by Gasteiger charge is -2.17. The first-order chi connectivity index (χ1) is 10.1. The Morgan fingerprint density at radius 3 is 3.05 bits per heavy atom. The summed E-state index contributed by atoms with van der Waals surface area (Å²) in [5.74, 6) is 0.598. The van der Waals surface area contributed by atoms with Crippen molar-refractivity contribution in [1.29, 1.82) is 0 Å².